The summed E-state index contributed by atoms with van der Waals surface area (Å²) in [5.41, 5.74) is 0.425. The summed E-state index contributed by atoms with van der Waals surface area (Å²) < 4.78 is 10.9. The van der Waals surface area contributed by atoms with Crippen molar-refractivity contribution in [1.29, 1.82) is 0 Å². The van der Waals surface area contributed by atoms with Crippen molar-refractivity contribution >= 4 is 22.7 Å². The Kier molecular flexibility index (Phi) is 4.97. The average Bonchev–Trinajstić information content (AvgIpc) is 2.71. The number of carboxylic acids is 1. The molecule has 1 saturated carbocycles. The number of benzene rings is 3. The maximum Gasteiger partial charge on any atom is 0.314 e. The summed E-state index contributed by atoms with van der Waals surface area (Å²) in [5, 5.41) is 12.0. The molecular formula is C24H22O5. The quantitative estimate of drug-likeness (QED) is 0.635. The van der Waals surface area contributed by atoms with E-state index in [0.717, 1.165) is 16.3 Å². The molecule has 1 aliphatic carbocycles. The van der Waals surface area contributed by atoms with Gasteiger partial charge in [-0.1, -0.05) is 60.7 Å². The van der Waals surface area contributed by atoms with Crippen molar-refractivity contribution in [2.24, 2.45) is 5.92 Å². The Morgan fingerprint density at radius 1 is 1.00 bits per heavy atom. The summed E-state index contributed by atoms with van der Waals surface area (Å²) in [6, 6.07) is 20.9. The SMILES string of the molecule is COc1ccccc1C1(C(=O)O)CC(C(=O)OCc2cccc3ccccc23)C1. The number of aliphatic carboxylic acids is 1. The van der Waals surface area contributed by atoms with Crippen molar-refractivity contribution in [3.05, 3.63) is 77.9 Å². The zero-order valence-corrected chi connectivity index (χ0v) is 16.1. The number of carbonyl (C=O) groups is 2. The highest BCUT2D eigenvalue weighted by Crippen LogP contribution is 2.51. The average molecular weight is 390 g/mol. The van der Waals surface area contributed by atoms with Crippen LogP contribution in [-0.2, 0) is 26.3 Å². The van der Waals surface area contributed by atoms with E-state index >= 15 is 0 Å². The van der Waals surface area contributed by atoms with Crippen LogP contribution in [0.15, 0.2) is 66.7 Å². The monoisotopic (exact) mass is 390 g/mol. The van der Waals surface area contributed by atoms with Crippen LogP contribution < -0.4 is 4.74 Å². The molecule has 1 fully saturated rings. The third-order valence-corrected chi connectivity index (χ3v) is 5.80. The molecule has 5 heteroatoms. The summed E-state index contributed by atoms with van der Waals surface area (Å²) in [4.78, 5) is 24.6. The molecule has 0 heterocycles. The fourth-order valence-electron chi connectivity index (χ4n) is 4.18. The van der Waals surface area contributed by atoms with Crippen LogP contribution in [-0.4, -0.2) is 24.2 Å². The number of fused-ring (bicyclic) bond motifs is 1. The summed E-state index contributed by atoms with van der Waals surface area (Å²) >= 11 is 0. The first kappa shape index (κ1) is 19.0. The molecule has 4 rings (SSSR count). The molecule has 5 nitrogen and oxygen atoms in total. The number of carboxylic acid groups (broad SMARTS) is 1. The molecule has 1 N–H and O–H groups in total. The number of para-hydroxylation sites is 1. The van der Waals surface area contributed by atoms with E-state index in [1.807, 2.05) is 42.5 Å². The van der Waals surface area contributed by atoms with Gasteiger partial charge in [0.2, 0.25) is 0 Å². The first-order valence-corrected chi connectivity index (χ1v) is 9.55. The number of ether oxygens (including phenoxy) is 2. The van der Waals surface area contributed by atoms with Crippen molar-refractivity contribution in [2.75, 3.05) is 7.11 Å². The molecule has 0 spiro atoms. The van der Waals surface area contributed by atoms with Crippen LogP contribution >= 0.6 is 0 Å². The largest absolute Gasteiger partial charge is 0.496 e. The minimum Gasteiger partial charge on any atom is -0.496 e. The lowest BCUT2D eigenvalue weighted by Gasteiger charge is -2.43. The van der Waals surface area contributed by atoms with Crippen LogP contribution in [0.1, 0.15) is 24.0 Å². The molecule has 0 aliphatic heterocycles. The Balaban J connectivity index is 1.47. The molecule has 0 bridgehead atoms. The topological polar surface area (TPSA) is 72.8 Å². The fourth-order valence-corrected chi connectivity index (χ4v) is 4.18. The van der Waals surface area contributed by atoms with Gasteiger partial charge >= 0.3 is 11.9 Å². The highest BCUT2D eigenvalue weighted by molar-refractivity contribution is 5.88. The van der Waals surface area contributed by atoms with Gasteiger partial charge in [-0.2, -0.15) is 0 Å². The van der Waals surface area contributed by atoms with E-state index in [2.05, 4.69) is 0 Å². The molecule has 1 aliphatic rings. The first-order valence-electron chi connectivity index (χ1n) is 9.55. The third-order valence-electron chi connectivity index (χ3n) is 5.80. The van der Waals surface area contributed by atoms with Gasteiger partial charge in [0.25, 0.3) is 0 Å². The molecule has 0 aromatic heterocycles. The van der Waals surface area contributed by atoms with E-state index in [1.165, 1.54) is 7.11 Å². The van der Waals surface area contributed by atoms with Gasteiger partial charge < -0.3 is 14.6 Å². The highest BCUT2D eigenvalue weighted by atomic mass is 16.5. The smallest absolute Gasteiger partial charge is 0.314 e. The predicted molar refractivity (Wildman–Crippen MR) is 109 cm³/mol. The lowest BCUT2D eigenvalue weighted by atomic mass is 9.58. The Labute approximate surface area is 168 Å². The van der Waals surface area contributed by atoms with E-state index in [0.29, 0.717) is 11.3 Å². The molecule has 3 aromatic carbocycles. The van der Waals surface area contributed by atoms with Crippen LogP contribution in [0.2, 0.25) is 0 Å². The normalized spacial score (nSPS) is 20.7. The van der Waals surface area contributed by atoms with Gasteiger partial charge in [-0.3, -0.25) is 9.59 Å². The van der Waals surface area contributed by atoms with Gasteiger partial charge in [0.15, 0.2) is 0 Å². The second-order valence-electron chi connectivity index (χ2n) is 7.44. The molecule has 0 atom stereocenters. The molecule has 148 valence electrons. The number of hydrogen-bond acceptors (Lipinski definition) is 4. The van der Waals surface area contributed by atoms with Gasteiger partial charge in [0.05, 0.1) is 18.4 Å². The van der Waals surface area contributed by atoms with Crippen LogP contribution in [0.5, 0.6) is 5.75 Å². The van der Waals surface area contributed by atoms with Crippen molar-refractivity contribution in [3.8, 4) is 5.75 Å². The predicted octanol–water partition coefficient (Wildman–Crippen LogP) is 4.32. The maximum atomic E-state index is 12.6. The van der Waals surface area contributed by atoms with Gasteiger partial charge in [0, 0.05) is 5.56 Å². The molecule has 0 amide bonds. The molecule has 3 aromatic rings. The summed E-state index contributed by atoms with van der Waals surface area (Å²) in [7, 11) is 1.52. The van der Waals surface area contributed by atoms with E-state index < -0.39 is 17.3 Å². The zero-order chi connectivity index (χ0) is 20.4. The number of esters is 1. The van der Waals surface area contributed by atoms with Crippen LogP contribution in [0, 0.1) is 5.92 Å². The first-order chi connectivity index (χ1) is 14.0. The Hall–Kier alpha value is -3.34. The lowest BCUT2D eigenvalue weighted by molar-refractivity contribution is -0.162. The molecule has 0 saturated heterocycles. The molecule has 0 unspecified atom stereocenters. The lowest BCUT2D eigenvalue weighted by Crippen LogP contribution is -2.50. The standard InChI is InChI=1S/C24H22O5/c1-28-21-12-5-4-11-20(21)24(23(26)27)13-18(14-24)22(25)29-15-17-9-6-8-16-7-2-3-10-19(16)17/h2-12,18H,13-15H2,1H3,(H,26,27). The van der Waals surface area contributed by atoms with Gasteiger partial charge in [0.1, 0.15) is 12.4 Å². The van der Waals surface area contributed by atoms with Crippen LogP contribution in [0.4, 0.5) is 0 Å². The van der Waals surface area contributed by atoms with E-state index in [1.54, 1.807) is 24.3 Å². The van der Waals surface area contributed by atoms with Crippen LogP contribution in [0.3, 0.4) is 0 Å². The minimum absolute atomic E-state index is 0.172. The van der Waals surface area contributed by atoms with Crippen LogP contribution in [0.25, 0.3) is 10.8 Å². The van der Waals surface area contributed by atoms with Gasteiger partial charge in [-0.25, -0.2) is 0 Å². The van der Waals surface area contributed by atoms with Crippen molar-refractivity contribution in [2.45, 2.75) is 24.9 Å². The molecule has 29 heavy (non-hydrogen) atoms. The Morgan fingerprint density at radius 2 is 1.69 bits per heavy atom. The summed E-state index contributed by atoms with van der Waals surface area (Å²) in [6.07, 6.45) is 0.411. The van der Waals surface area contributed by atoms with Crippen molar-refractivity contribution in [3.63, 3.8) is 0 Å². The molecular weight excluding hydrogens is 368 g/mol. The van der Waals surface area contributed by atoms with E-state index in [4.69, 9.17) is 9.47 Å². The van der Waals surface area contributed by atoms with Gasteiger partial charge in [-0.05, 0) is 35.2 Å². The van der Waals surface area contributed by atoms with Gasteiger partial charge in [-0.15, -0.1) is 0 Å². The summed E-state index contributed by atoms with van der Waals surface area (Å²) in [5.74, 6) is -1.21. The summed E-state index contributed by atoms with van der Waals surface area (Å²) in [6.45, 7) is 0.172. The number of methoxy groups -OCH3 is 1. The number of hydrogen-bond donors (Lipinski definition) is 1. The highest BCUT2D eigenvalue weighted by Gasteiger charge is 2.55. The Morgan fingerprint density at radius 3 is 2.45 bits per heavy atom. The Bertz CT molecular complexity index is 1060. The third kappa shape index (κ3) is 3.33. The van der Waals surface area contributed by atoms with Crippen molar-refractivity contribution in [1.82, 2.24) is 0 Å². The zero-order valence-electron chi connectivity index (χ0n) is 16.1. The second kappa shape index (κ2) is 7.59. The fraction of sp³-hybridized carbons (Fsp3) is 0.250. The number of carbonyl (C=O) groups excluding carboxylic acids is 1. The number of rotatable bonds is 6. The molecule has 0 radical (unpaired) electrons. The minimum atomic E-state index is -1.12. The van der Waals surface area contributed by atoms with E-state index in [-0.39, 0.29) is 25.4 Å². The van der Waals surface area contributed by atoms with Crippen molar-refractivity contribution < 1.29 is 24.2 Å². The van der Waals surface area contributed by atoms with E-state index in [9.17, 15) is 14.7 Å². The maximum absolute atomic E-state index is 12.6. The second-order valence-corrected chi connectivity index (χ2v) is 7.44.